The normalized spacial score (nSPS) is 12.2. The molecule has 0 N–H and O–H groups in total. The number of aromatic nitrogens is 1. The van der Waals surface area contributed by atoms with E-state index in [0.717, 1.165) is 18.6 Å². The summed E-state index contributed by atoms with van der Waals surface area (Å²) < 4.78 is 53.9. The molecule has 1 heterocycles. The van der Waals surface area contributed by atoms with E-state index in [2.05, 4.69) is 4.98 Å². The van der Waals surface area contributed by atoms with Gasteiger partial charge in [-0.25, -0.2) is 9.78 Å². The summed E-state index contributed by atoms with van der Waals surface area (Å²) in [4.78, 5) is 26.0. The summed E-state index contributed by atoms with van der Waals surface area (Å²) >= 11 is 5.80. The number of nitro groups is 1. The van der Waals surface area contributed by atoms with Crippen LogP contribution in [0.15, 0.2) is 30.5 Å². The van der Waals surface area contributed by atoms with Gasteiger partial charge >= 0.3 is 17.8 Å². The average molecular weight is 463 g/mol. The zero-order chi connectivity index (χ0) is 23.2. The summed E-state index contributed by atoms with van der Waals surface area (Å²) in [5, 5.41) is 10.9. The summed E-state index contributed by atoms with van der Waals surface area (Å²) in [6, 6.07) is 3.98. The Balaban J connectivity index is 2.23. The molecule has 0 saturated heterocycles. The van der Waals surface area contributed by atoms with E-state index in [1.54, 1.807) is 0 Å². The number of unbranched alkanes of at least 4 members (excludes halogenated alkanes) is 1. The second-order valence-electron chi connectivity index (χ2n) is 6.28. The van der Waals surface area contributed by atoms with Crippen molar-refractivity contribution in [1.29, 1.82) is 0 Å². The van der Waals surface area contributed by atoms with Crippen LogP contribution in [0.4, 0.5) is 18.9 Å². The van der Waals surface area contributed by atoms with Gasteiger partial charge in [0, 0.05) is 18.3 Å². The number of benzene rings is 1. The lowest BCUT2D eigenvalue weighted by molar-refractivity contribution is -0.386. The van der Waals surface area contributed by atoms with Crippen molar-refractivity contribution in [3.05, 3.63) is 51.2 Å². The highest BCUT2D eigenvalue weighted by Crippen LogP contribution is 2.37. The highest BCUT2D eigenvalue weighted by Gasteiger charge is 2.32. The summed E-state index contributed by atoms with van der Waals surface area (Å²) in [5.74, 6) is -1.41. The molecule has 0 saturated carbocycles. The van der Waals surface area contributed by atoms with Crippen molar-refractivity contribution in [2.24, 2.45) is 0 Å². The van der Waals surface area contributed by atoms with Crippen molar-refractivity contribution in [3.8, 4) is 17.4 Å². The van der Waals surface area contributed by atoms with Gasteiger partial charge in [0.15, 0.2) is 6.10 Å². The van der Waals surface area contributed by atoms with Crippen molar-refractivity contribution in [1.82, 2.24) is 4.98 Å². The predicted molar refractivity (Wildman–Crippen MR) is 103 cm³/mol. The Labute approximate surface area is 180 Å². The molecule has 0 fully saturated rings. The highest BCUT2D eigenvalue weighted by molar-refractivity contribution is 6.31. The fourth-order valence-corrected chi connectivity index (χ4v) is 2.45. The van der Waals surface area contributed by atoms with E-state index in [1.807, 2.05) is 6.92 Å². The second kappa shape index (κ2) is 10.3. The lowest BCUT2D eigenvalue weighted by Crippen LogP contribution is -2.26. The average Bonchev–Trinajstić information content (AvgIpc) is 2.68. The third kappa shape index (κ3) is 6.71. The van der Waals surface area contributed by atoms with Gasteiger partial charge in [-0.2, -0.15) is 13.2 Å². The maximum absolute atomic E-state index is 12.7. The van der Waals surface area contributed by atoms with Gasteiger partial charge in [-0.15, -0.1) is 0 Å². The van der Waals surface area contributed by atoms with Crippen LogP contribution in [0.2, 0.25) is 5.02 Å². The van der Waals surface area contributed by atoms with E-state index >= 15 is 0 Å². The smallest absolute Gasteiger partial charge is 0.417 e. The van der Waals surface area contributed by atoms with Crippen LogP contribution in [0.1, 0.15) is 32.3 Å². The zero-order valence-electron chi connectivity index (χ0n) is 16.4. The van der Waals surface area contributed by atoms with Crippen LogP contribution in [0, 0.1) is 10.1 Å². The fraction of sp³-hybridized carbons (Fsp3) is 0.368. The van der Waals surface area contributed by atoms with E-state index in [-0.39, 0.29) is 24.0 Å². The molecular weight excluding hydrogens is 445 g/mol. The largest absolute Gasteiger partial charge is 0.472 e. The first-order chi connectivity index (χ1) is 14.5. The number of alkyl halides is 3. The Hall–Kier alpha value is -3.08. The molecule has 8 nitrogen and oxygen atoms in total. The molecular formula is C19H18ClF3N2O6. The Kier molecular flexibility index (Phi) is 8.03. The van der Waals surface area contributed by atoms with Gasteiger partial charge in [-0.05, 0) is 25.5 Å². The molecule has 2 rings (SSSR count). The molecule has 0 aliphatic rings. The molecule has 1 atom stereocenters. The van der Waals surface area contributed by atoms with Crippen molar-refractivity contribution in [2.45, 2.75) is 39.0 Å². The van der Waals surface area contributed by atoms with E-state index in [0.29, 0.717) is 18.7 Å². The Morgan fingerprint density at radius 1 is 1.32 bits per heavy atom. The highest BCUT2D eigenvalue weighted by atomic mass is 35.5. The standard InChI is InChI=1S/C19H18ClF3N2O6/c1-3-4-7-29-18(26)11(2)30-16-9-13(5-6-15(16)25(27)28)31-17-14(20)8-12(10-24-17)19(21,22)23/h5-6,8-11H,3-4,7H2,1-2H3. The van der Waals surface area contributed by atoms with Crippen LogP contribution >= 0.6 is 11.6 Å². The summed E-state index contributed by atoms with van der Waals surface area (Å²) in [6.07, 6.45) is -3.78. The van der Waals surface area contributed by atoms with Gasteiger partial charge in [0.2, 0.25) is 11.6 Å². The number of hydrogen-bond acceptors (Lipinski definition) is 7. The molecule has 0 spiro atoms. The molecule has 1 aromatic carbocycles. The van der Waals surface area contributed by atoms with E-state index < -0.39 is 39.4 Å². The Morgan fingerprint density at radius 3 is 2.61 bits per heavy atom. The van der Waals surface area contributed by atoms with Crippen LogP contribution < -0.4 is 9.47 Å². The Bertz CT molecular complexity index is 955. The minimum atomic E-state index is -4.63. The third-order valence-corrected chi connectivity index (χ3v) is 4.13. The fourth-order valence-electron chi connectivity index (χ4n) is 2.24. The summed E-state index contributed by atoms with van der Waals surface area (Å²) in [6.45, 7) is 3.46. The number of ether oxygens (including phenoxy) is 3. The second-order valence-corrected chi connectivity index (χ2v) is 6.69. The third-order valence-electron chi connectivity index (χ3n) is 3.86. The molecule has 0 radical (unpaired) electrons. The molecule has 31 heavy (non-hydrogen) atoms. The number of carbonyl (C=O) groups excluding carboxylic acids is 1. The van der Waals surface area contributed by atoms with E-state index in [4.69, 9.17) is 25.8 Å². The minimum Gasteiger partial charge on any atom is -0.472 e. The number of halogens is 4. The van der Waals surface area contributed by atoms with Crippen molar-refractivity contribution < 1.29 is 37.1 Å². The molecule has 0 aliphatic carbocycles. The summed E-state index contributed by atoms with van der Waals surface area (Å²) in [7, 11) is 0. The number of esters is 1. The maximum Gasteiger partial charge on any atom is 0.417 e. The van der Waals surface area contributed by atoms with Gasteiger partial charge in [0.25, 0.3) is 0 Å². The van der Waals surface area contributed by atoms with Gasteiger partial charge in [0.1, 0.15) is 10.8 Å². The van der Waals surface area contributed by atoms with Crippen molar-refractivity contribution >= 4 is 23.3 Å². The Morgan fingerprint density at radius 2 is 2.03 bits per heavy atom. The quantitative estimate of drug-likeness (QED) is 0.208. The van der Waals surface area contributed by atoms with E-state index in [1.165, 1.54) is 13.0 Å². The van der Waals surface area contributed by atoms with Gasteiger partial charge in [-0.1, -0.05) is 24.9 Å². The number of rotatable bonds is 9. The van der Waals surface area contributed by atoms with Gasteiger partial charge in [0.05, 0.1) is 17.1 Å². The topological polar surface area (TPSA) is 101 Å². The lowest BCUT2D eigenvalue weighted by atomic mass is 10.2. The van der Waals surface area contributed by atoms with Crippen LogP contribution in [0.5, 0.6) is 17.4 Å². The molecule has 1 unspecified atom stereocenters. The summed E-state index contributed by atoms with van der Waals surface area (Å²) in [5.41, 5.74) is -1.51. The van der Waals surface area contributed by atoms with E-state index in [9.17, 15) is 28.1 Å². The molecule has 168 valence electrons. The number of nitrogens with zero attached hydrogens (tertiary/aromatic N) is 2. The first-order valence-corrected chi connectivity index (χ1v) is 9.43. The van der Waals surface area contributed by atoms with Crippen LogP contribution in [-0.4, -0.2) is 28.6 Å². The van der Waals surface area contributed by atoms with Crippen LogP contribution in [0.25, 0.3) is 0 Å². The van der Waals surface area contributed by atoms with Crippen molar-refractivity contribution in [3.63, 3.8) is 0 Å². The lowest BCUT2D eigenvalue weighted by Gasteiger charge is -2.15. The predicted octanol–water partition coefficient (Wildman–Crippen LogP) is 5.56. The maximum atomic E-state index is 12.7. The van der Waals surface area contributed by atoms with Crippen LogP contribution in [-0.2, 0) is 15.7 Å². The molecule has 1 aromatic heterocycles. The monoisotopic (exact) mass is 462 g/mol. The van der Waals surface area contributed by atoms with Gasteiger partial charge in [-0.3, -0.25) is 10.1 Å². The molecule has 0 bridgehead atoms. The first-order valence-electron chi connectivity index (χ1n) is 9.05. The first kappa shape index (κ1) is 24.2. The number of nitro benzene ring substituents is 1. The minimum absolute atomic E-state index is 0.0543. The van der Waals surface area contributed by atoms with Crippen LogP contribution in [0.3, 0.4) is 0 Å². The molecule has 12 heteroatoms. The number of hydrogen-bond donors (Lipinski definition) is 0. The zero-order valence-corrected chi connectivity index (χ0v) is 17.2. The molecule has 0 amide bonds. The van der Waals surface area contributed by atoms with Crippen molar-refractivity contribution in [2.75, 3.05) is 6.61 Å². The number of pyridine rings is 1. The molecule has 2 aromatic rings. The van der Waals surface area contributed by atoms with Gasteiger partial charge < -0.3 is 14.2 Å². The SMILES string of the molecule is CCCCOC(=O)C(C)Oc1cc(Oc2ncc(C(F)(F)F)cc2Cl)ccc1[N+](=O)[O-]. The number of carbonyl (C=O) groups is 1. The molecule has 0 aliphatic heterocycles.